The van der Waals surface area contributed by atoms with Gasteiger partial charge < -0.3 is 0 Å². The molecule has 0 rings (SSSR count). The summed E-state index contributed by atoms with van der Waals surface area (Å²) in [5.41, 5.74) is 0. The fourth-order valence-electron chi connectivity index (χ4n) is 4.84. The van der Waals surface area contributed by atoms with E-state index in [1.165, 1.54) is 167 Å². The Balaban J connectivity index is 3.14. The zero-order chi connectivity index (χ0) is 24.8. The van der Waals surface area contributed by atoms with Crippen LogP contribution in [0.5, 0.6) is 0 Å². The van der Waals surface area contributed by atoms with Gasteiger partial charge in [0.15, 0.2) is 5.12 Å². The summed E-state index contributed by atoms with van der Waals surface area (Å²) < 4.78 is 0. The van der Waals surface area contributed by atoms with Gasteiger partial charge in [-0.15, -0.1) is 0 Å². The van der Waals surface area contributed by atoms with Crippen LogP contribution in [0.4, 0.5) is 0 Å². The summed E-state index contributed by atoms with van der Waals surface area (Å²) in [6.07, 6.45) is 38.3. The van der Waals surface area contributed by atoms with Crippen LogP contribution in [0.3, 0.4) is 0 Å². The number of rotatable bonds is 29. The second-order valence-electron chi connectivity index (χ2n) is 10.8. The minimum absolute atomic E-state index is 0.442. The van der Waals surface area contributed by atoms with Crippen molar-refractivity contribution in [3.8, 4) is 0 Å². The minimum atomic E-state index is 0.442. The Labute approximate surface area is 220 Å². The van der Waals surface area contributed by atoms with Gasteiger partial charge in [-0.1, -0.05) is 186 Å². The molecular formula is C32H64OS. The Kier molecular flexibility index (Phi) is 31.1. The first kappa shape index (κ1) is 34.0. The fraction of sp³-hybridized carbons (Fsp3) is 0.969. The van der Waals surface area contributed by atoms with Crippen LogP contribution in [-0.2, 0) is 4.79 Å². The molecule has 0 aromatic heterocycles. The molecule has 0 aromatic rings. The van der Waals surface area contributed by atoms with E-state index >= 15 is 0 Å². The number of hydrogen-bond donors (Lipinski definition) is 0. The van der Waals surface area contributed by atoms with Crippen molar-refractivity contribution in [1.82, 2.24) is 0 Å². The molecule has 0 heterocycles. The monoisotopic (exact) mass is 496 g/mol. The number of thioether (sulfide) groups is 1. The van der Waals surface area contributed by atoms with Crippen LogP contribution in [0.25, 0.3) is 0 Å². The molecule has 0 aliphatic heterocycles. The first-order valence-electron chi connectivity index (χ1n) is 16.0. The lowest BCUT2D eigenvalue weighted by molar-refractivity contribution is -0.111. The second kappa shape index (κ2) is 31.1. The third-order valence-corrected chi connectivity index (χ3v) is 8.26. The topological polar surface area (TPSA) is 17.1 Å². The van der Waals surface area contributed by atoms with Crippen molar-refractivity contribution >= 4 is 16.9 Å². The molecule has 0 amide bonds. The van der Waals surface area contributed by atoms with Gasteiger partial charge in [0.2, 0.25) is 0 Å². The van der Waals surface area contributed by atoms with E-state index in [1.807, 2.05) is 0 Å². The molecule has 2 heteroatoms. The van der Waals surface area contributed by atoms with E-state index in [0.29, 0.717) is 5.12 Å². The van der Waals surface area contributed by atoms with E-state index in [0.717, 1.165) is 18.6 Å². The maximum Gasteiger partial charge on any atom is 0.188 e. The molecular weight excluding hydrogens is 432 g/mol. The van der Waals surface area contributed by atoms with Crippen molar-refractivity contribution < 1.29 is 4.79 Å². The van der Waals surface area contributed by atoms with Gasteiger partial charge >= 0.3 is 0 Å². The van der Waals surface area contributed by atoms with E-state index in [9.17, 15) is 4.79 Å². The SMILES string of the molecule is CCCCCCCCCCCCCCCCSC(=O)CCCCCCCCCCCCCCC. The third-order valence-electron chi connectivity index (χ3n) is 7.25. The smallest absolute Gasteiger partial charge is 0.188 e. The van der Waals surface area contributed by atoms with E-state index < -0.39 is 0 Å². The van der Waals surface area contributed by atoms with E-state index in [2.05, 4.69) is 13.8 Å². The summed E-state index contributed by atoms with van der Waals surface area (Å²) >= 11 is 1.61. The van der Waals surface area contributed by atoms with Crippen LogP contribution in [-0.4, -0.2) is 10.9 Å². The van der Waals surface area contributed by atoms with Crippen LogP contribution in [0.15, 0.2) is 0 Å². The molecule has 0 aliphatic carbocycles. The molecule has 34 heavy (non-hydrogen) atoms. The van der Waals surface area contributed by atoms with E-state index in [1.54, 1.807) is 11.8 Å². The summed E-state index contributed by atoms with van der Waals surface area (Å²) in [6, 6.07) is 0. The predicted molar refractivity (Wildman–Crippen MR) is 158 cm³/mol. The Hall–Kier alpha value is 0.0200. The largest absolute Gasteiger partial charge is 0.287 e. The van der Waals surface area contributed by atoms with Crippen molar-refractivity contribution in [1.29, 1.82) is 0 Å². The zero-order valence-corrected chi connectivity index (χ0v) is 24.6. The number of carbonyl (C=O) groups excluding carboxylic acids is 1. The molecule has 0 radical (unpaired) electrons. The molecule has 0 N–H and O–H groups in total. The summed E-state index contributed by atoms with van der Waals surface area (Å²) in [6.45, 7) is 4.58. The van der Waals surface area contributed by atoms with Crippen LogP contribution >= 0.6 is 11.8 Å². The molecule has 0 unspecified atom stereocenters. The lowest BCUT2D eigenvalue weighted by Gasteiger charge is -2.04. The highest BCUT2D eigenvalue weighted by molar-refractivity contribution is 8.13. The lowest BCUT2D eigenvalue weighted by atomic mass is 10.0. The van der Waals surface area contributed by atoms with Crippen LogP contribution in [0.1, 0.15) is 194 Å². The van der Waals surface area contributed by atoms with Gasteiger partial charge in [0, 0.05) is 12.2 Å². The maximum absolute atomic E-state index is 12.0. The van der Waals surface area contributed by atoms with Gasteiger partial charge in [0.05, 0.1) is 0 Å². The molecule has 204 valence electrons. The van der Waals surface area contributed by atoms with Crippen molar-refractivity contribution in [2.45, 2.75) is 194 Å². The second-order valence-corrected chi connectivity index (χ2v) is 12.0. The number of carbonyl (C=O) groups is 1. The van der Waals surface area contributed by atoms with E-state index in [4.69, 9.17) is 0 Å². The van der Waals surface area contributed by atoms with Crippen molar-refractivity contribution in [2.24, 2.45) is 0 Å². The summed E-state index contributed by atoms with van der Waals surface area (Å²) in [5, 5.41) is 0.442. The molecule has 0 fully saturated rings. The normalized spacial score (nSPS) is 11.4. The molecule has 0 bridgehead atoms. The quantitative estimate of drug-likeness (QED) is 0.0957. The summed E-state index contributed by atoms with van der Waals surface area (Å²) in [5.74, 6) is 1.05. The average molecular weight is 497 g/mol. The van der Waals surface area contributed by atoms with Crippen LogP contribution < -0.4 is 0 Å². The highest BCUT2D eigenvalue weighted by Crippen LogP contribution is 2.17. The van der Waals surface area contributed by atoms with Crippen molar-refractivity contribution in [2.75, 3.05) is 5.75 Å². The van der Waals surface area contributed by atoms with E-state index in [-0.39, 0.29) is 0 Å². The predicted octanol–water partition coefficient (Wildman–Crippen LogP) is 12.2. The Morgan fingerprint density at radius 2 is 0.647 bits per heavy atom. The molecule has 0 saturated carbocycles. The van der Waals surface area contributed by atoms with Gasteiger partial charge in [-0.05, 0) is 12.8 Å². The van der Waals surface area contributed by atoms with Crippen LogP contribution in [0, 0.1) is 0 Å². The standard InChI is InChI=1S/C32H64OS/c1-3-5-7-9-11-13-15-17-19-21-23-25-27-29-31-34-32(33)30-28-26-24-22-20-18-16-14-12-10-8-6-4-2/h3-31H2,1-2H3. The highest BCUT2D eigenvalue weighted by atomic mass is 32.2. The molecule has 1 nitrogen and oxygen atoms in total. The first-order chi connectivity index (χ1) is 16.8. The molecule has 0 atom stereocenters. The number of hydrogen-bond acceptors (Lipinski definition) is 2. The van der Waals surface area contributed by atoms with Gasteiger partial charge in [-0.2, -0.15) is 0 Å². The molecule has 0 saturated heterocycles. The highest BCUT2D eigenvalue weighted by Gasteiger charge is 2.03. The van der Waals surface area contributed by atoms with Crippen molar-refractivity contribution in [3.63, 3.8) is 0 Å². The van der Waals surface area contributed by atoms with Crippen LogP contribution in [0.2, 0.25) is 0 Å². The van der Waals surface area contributed by atoms with Gasteiger partial charge in [-0.25, -0.2) is 0 Å². The fourth-order valence-corrected chi connectivity index (χ4v) is 5.71. The Morgan fingerprint density at radius 1 is 0.382 bits per heavy atom. The van der Waals surface area contributed by atoms with Gasteiger partial charge in [-0.3, -0.25) is 4.79 Å². The summed E-state index contributed by atoms with van der Waals surface area (Å²) in [7, 11) is 0. The molecule has 0 aromatic carbocycles. The average Bonchev–Trinajstić information content (AvgIpc) is 2.84. The third kappa shape index (κ3) is 30.1. The minimum Gasteiger partial charge on any atom is -0.287 e. The summed E-state index contributed by atoms with van der Waals surface area (Å²) in [4.78, 5) is 12.0. The molecule has 0 aliphatic rings. The number of unbranched alkanes of at least 4 members (excludes halogenated alkanes) is 25. The van der Waals surface area contributed by atoms with Crippen molar-refractivity contribution in [3.05, 3.63) is 0 Å². The Bertz CT molecular complexity index is 381. The molecule has 0 spiro atoms. The maximum atomic E-state index is 12.0. The lowest BCUT2D eigenvalue weighted by Crippen LogP contribution is -1.94. The Morgan fingerprint density at radius 3 is 0.971 bits per heavy atom. The zero-order valence-electron chi connectivity index (χ0n) is 23.8. The van der Waals surface area contributed by atoms with Gasteiger partial charge in [0.1, 0.15) is 0 Å². The first-order valence-corrected chi connectivity index (χ1v) is 17.0. The van der Waals surface area contributed by atoms with Gasteiger partial charge in [0.25, 0.3) is 0 Å².